The van der Waals surface area contributed by atoms with Crippen molar-refractivity contribution in [2.24, 2.45) is 5.73 Å². The molecule has 1 rings (SSSR count). The summed E-state index contributed by atoms with van der Waals surface area (Å²) in [7, 11) is 1.33. The largest absolute Gasteiger partial charge is 0.464 e. The molecule has 0 fully saturated rings. The van der Waals surface area contributed by atoms with Crippen molar-refractivity contribution in [3.05, 3.63) is 23.5 Å². The summed E-state index contributed by atoms with van der Waals surface area (Å²) in [6.45, 7) is 1.47. The van der Waals surface area contributed by atoms with Gasteiger partial charge in [-0.15, -0.1) is 0 Å². The molecule has 0 saturated heterocycles. The fourth-order valence-corrected chi connectivity index (χ4v) is 1.31. The van der Waals surface area contributed by atoms with Crippen molar-refractivity contribution in [1.82, 2.24) is 10.3 Å². The lowest BCUT2D eigenvalue weighted by molar-refractivity contribution is -0.122. The van der Waals surface area contributed by atoms with Crippen molar-refractivity contribution in [3.63, 3.8) is 0 Å². The van der Waals surface area contributed by atoms with Gasteiger partial charge in [0, 0.05) is 18.8 Å². The molecule has 100 valence electrons. The zero-order chi connectivity index (χ0) is 13.4. The molecule has 0 aliphatic rings. The van der Waals surface area contributed by atoms with Crippen LogP contribution >= 0.6 is 0 Å². The molecular formula is C11H17N3O4. The number of esters is 1. The number of aromatic nitrogens is 1. The predicted octanol–water partition coefficient (Wildman–Crippen LogP) is -0.607. The van der Waals surface area contributed by atoms with Gasteiger partial charge in [0.15, 0.2) is 0 Å². The maximum Gasteiger partial charge on any atom is 0.354 e. The second-order valence-electron chi connectivity index (χ2n) is 3.58. The number of ether oxygens (including phenoxy) is 2. The number of methoxy groups -OCH3 is 1. The van der Waals surface area contributed by atoms with E-state index in [9.17, 15) is 9.59 Å². The van der Waals surface area contributed by atoms with Gasteiger partial charge in [-0.1, -0.05) is 0 Å². The number of aromatic amines is 1. The molecule has 1 aromatic rings. The van der Waals surface area contributed by atoms with Crippen LogP contribution in [-0.4, -0.2) is 43.7 Å². The minimum absolute atomic E-state index is 0.0727. The highest BCUT2D eigenvalue weighted by Crippen LogP contribution is 2.02. The molecule has 0 spiro atoms. The Bertz CT molecular complexity index is 403. The Morgan fingerprint density at radius 1 is 1.44 bits per heavy atom. The lowest BCUT2D eigenvalue weighted by Crippen LogP contribution is -2.23. The van der Waals surface area contributed by atoms with Crippen LogP contribution in [0.25, 0.3) is 0 Å². The van der Waals surface area contributed by atoms with Gasteiger partial charge < -0.3 is 25.5 Å². The van der Waals surface area contributed by atoms with E-state index in [1.807, 2.05) is 0 Å². The van der Waals surface area contributed by atoms with Gasteiger partial charge in [-0.05, 0) is 12.1 Å². The number of primary amides is 1. The Morgan fingerprint density at radius 2 is 2.22 bits per heavy atom. The van der Waals surface area contributed by atoms with E-state index in [2.05, 4.69) is 15.0 Å². The summed E-state index contributed by atoms with van der Waals surface area (Å²) in [5.74, 6) is -0.881. The quantitative estimate of drug-likeness (QED) is 0.424. The standard InChI is InChI=1S/C11H17N3O4/c1-17-11(16)9-3-2-8(14-9)6-13-4-5-18-7-10(12)15/h2-3,13-14H,4-7H2,1H3,(H2,12,15). The van der Waals surface area contributed by atoms with Gasteiger partial charge >= 0.3 is 5.97 Å². The van der Waals surface area contributed by atoms with E-state index in [-0.39, 0.29) is 6.61 Å². The Labute approximate surface area is 105 Å². The van der Waals surface area contributed by atoms with E-state index in [1.165, 1.54) is 7.11 Å². The van der Waals surface area contributed by atoms with Crippen LogP contribution < -0.4 is 11.1 Å². The number of carbonyl (C=O) groups excluding carboxylic acids is 2. The maximum absolute atomic E-state index is 11.2. The molecule has 0 saturated carbocycles. The van der Waals surface area contributed by atoms with Crippen LogP contribution in [0, 0.1) is 0 Å². The number of hydrogen-bond acceptors (Lipinski definition) is 5. The highest BCUT2D eigenvalue weighted by Gasteiger charge is 2.07. The molecular weight excluding hydrogens is 238 g/mol. The normalized spacial score (nSPS) is 10.3. The van der Waals surface area contributed by atoms with Crippen molar-refractivity contribution in [3.8, 4) is 0 Å². The average Bonchev–Trinajstić information content (AvgIpc) is 2.81. The minimum Gasteiger partial charge on any atom is -0.464 e. The fourth-order valence-electron chi connectivity index (χ4n) is 1.31. The smallest absolute Gasteiger partial charge is 0.354 e. The van der Waals surface area contributed by atoms with Gasteiger partial charge in [0.25, 0.3) is 0 Å². The summed E-state index contributed by atoms with van der Waals surface area (Å²) < 4.78 is 9.55. The fraction of sp³-hybridized carbons (Fsp3) is 0.455. The van der Waals surface area contributed by atoms with Crippen LogP contribution in [0.3, 0.4) is 0 Å². The molecule has 1 amide bonds. The topological polar surface area (TPSA) is 106 Å². The van der Waals surface area contributed by atoms with Crippen LogP contribution in [0.5, 0.6) is 0 Å². The minimum atomic E-state index is -0.484. The van der Waals surface area contributed by atoms with Gasteiger partial charge in [-0.25, -0.2) is 4.79 Å². The van der Waals surface area contributed by atoms with Crippen molar-refractivity contribution >= 4 is 11.9 Å². The zero-order valence-corrected chi connectivity index (χ0v) is 10.2. The predicted molar refractivity (Wildman–Crippen MR) is 63.9 cm³/mol. The van der Waals surface area contributed by atoms with E-state index in [1.54, 1.807) is 12.1 Å². The number of hydrogen-bond donors (Lipinski definition) is 3. The molecule has 0 aromatic carbocycles. The van der Waals surface area contributed by atoms with E-state index in [4.69, 9.17) is 10.5 Å². The summed E-state index contributed by atoms with van der Waals surface area (Å²) >= 11 is 0. The number of nitrogens with two attached hydrogens (primary N) is 1. The Hall–Kier alpha value is -1.86. The summed E-state index contributed by atoms with van der Waals surface area (Å²) in [5.41, 5.74) is 6.19. The van der Waals surface area contributed by atoms with Crippen LogP contribution in [0.1, 0.15) is 16.2 Å². The molecule has 0 aliphatic heterocycles. The monoisotopic (exact) mass is 255 g/mol. The van der Waals surface area contributed by atoms with E-state index in [0.717, 1.165) is 5.69 Å². The first-order valence-corrected chi connectivity index (χ1v) is 5.46. The number of nitrogens with one attached hydrogen (secondary N) is 2. The second kappa shape index (κ2) is 7.46. The third-order valence-electron chi connectivity index (χ3n) is 2.13. The Kier molecular flexibility index (Phi) is 5.89. The number of amides is 1. The molecule has 7 nitrogen and oxygen atoms in total. The third kappa shape index (κ3) is 4.98. The van der Waals surface area contributed by atoms with Crippen molar-refractivity contribution < 1.29 is 19.1 Å². The lowest BCUT2D eigenvalue weighted by Gasteiger charge is -2.03. The highest BCUT2D eigenvalue weighted by molar-refractivity contribution is 5.87. The molecule has 4 N–H and O–H groups in total. The van der Waals surface area contributed by atoms with Crippen molar-refractivity contribution in [1.29, 1.82) is 0 Å². The SMILES string of the molecule is COC(=O)c1ccc(CNCCOCC(N)=O)[nH]1. The molecule has 0 radical (unpaired) electrons. The molecule has 0 atom stereocenters. The van der Waals surface area contributed by atoms with Gasteiger partial charge in [-0.3, -0.25) is 4.79 Å². The van der Waals surface area contributed by atoms with E-state index >= 15 is 0 Å². The number of rotatable bonds is 8. The first-order chi connectivity index (χ1) is 8.63. The summed E-state index contributed by atoms with van der Waals surface area (Å²) in [6.07, 6.45) is 0. The molecule has 7 heteroatoms. The van der Waals surface area contributed by atoms with Gasteiger partial charge in [-0.2, -0.15) is 0 Å². The van der Waals surface area contributed by atoms with Crippen molar-refractivity contribution in [2.75, 3.05) is 26.9 Å². The summed E-state index contributed by atoms with van der Waals surface area (Å²) in [6, 6.07) is 3.45. The number of carbonyl (C=O) groups is 2. The molecule has 18 heavy (non-hydrogen) atoms. The maximum atomic E-state index is 11.2. The third-order valence-corrected chi connectivity index (χ3v) is 2.13. The Balaban J connectivity index is 2.17. The van der Waals surface area contributed by atoms with Gasteiger partial charge in [0.05, 0.1) is 13.7 Å². The summed E-state index contributed by atoms with van der Waals surface area (Å²) in [4.78, 5) is 24.5. The average molecular weight is 255 g/mol. The van der Waals surface area contributed by atoms with Crippen LogP contribution in [-0.2, 0) is 20.8 Å². The van der Waals surface area contributed by atoms with E-state index < -0.39 is 11.9 Å². The van der Waals surface area contributed by atoms with Crippen LogP contribution in [0.2, 0.25) is 0 Å². The Morgan fingerprint density at radius 3 is 2.89 bits per heavy atom. The van der Waals surface area contributed by atoms with Gasteiger partial charge in [0.1, 0.15) is 12.3 Å². The summed E-state index contributed by atoms with van der Waals surface area (Å²) in [5, 5.41) is 3.09. The second-order valence-corrected chi connectivity index (χ2v) is 3.58. The molecule has 1 aromatic heterocycles. The van der Waals surface area contributed by atoms with Crippen LogP contribution in [0.15, 0.2) is 12.1 Å². The van der Waals surface area contributed by atoms with Crippen molar-refractivity contribution in [2.45, 2.75) is 6.54 Å². The van der Waals surface area contributed by atoms with E-state index in [0.29, 0.717) is 25.4 Å². The molecule has 0 unspecified atom stereocenters. The first-order valence-electron chi connectivity index (χ1n) is 5.46. The zero-order valence-electron chi connectivity index (χ0n) is 10.2. The molecule has 1 heterocycles. The molecule has 0 aliphatic carbocycles. The van der Waals surface area contributed by atoms with Gasteiger partial charge in [0.2, 0.25) is 5.91 Å². The van der Waals surface area contributed by atoms with Crippen LogP contribution in [0.4, 0.5) is 0 Å². The first kappa shape index (κ1) is 14.2. The molecule has 0 bridgehead atoms. The number of H-pyrrole nitrogens is 1. The lowest BCUT2D eigenvalue weighted by atomic mass is 10.4. The highest BCUT2D eigenvalue weighted by atomic mass is 16.5.